The van der Waals surface area contributed by atoms with Crippen LogP contribution in [0.4, 0.5) is 4.79 Å². The molecule has 8 heteroatoms. The number of methoxy groups -OCH3 is 1. The number of pyridine rings is 2. The Labute approximate surface area is 194 Å². The van der Waals surface area contributed by atoms with Gasteiger partial charge in [-0.2, -0.15) is 0 Å². The highest BCUT2D eigenvalue weighted by molar-refractivity contribution is 5.80. The molecule has 1 fully saturated rings. The highest BCUT2D eigenvalue weighted by atomic mass is 16.5. The number of hydrogen-bond acceptors (Lipinski definition) is 6. The molecule has 0 radical (unpaired) electrons. The van der Waals surface area contributed by atoms with E-state index in [1.165, 1.54) is 18.9 Å². The fourth-order valence-electron chi connectivity index (χ4n) is 4.70. The number of amides is 2. The van der Waals surface area contributed by atoms with Gasteiger partial charge in [-0.15, -0.1) is 0 Å². The molecule has 0 spiro atoms. The second kappa shape index (κ2) is 10.3. The van der Waals surface area contributed by atoms with Gasteiger partial charge in [-0.25, -0.2) is 9.78 Å². The molecule has 1 saturated heterocycles. The standard InChI is InChI=1S/C25H32N4O4/c1-17(30)15-22(19-8-10-24(33-2)26-16-19)29-14-13-28(25(29)32)12-11-23(31)21-9-7-18-5-3-4-6-20(18)27-21/h7-10,16,22-23,31H,3-6,11-15H2,1-2H3/t22-,23-/m0/s1. The number of aromatic nitrogens is 2. The van der Waals surface area contributed by atoms with Crippen molar-refractivity contribution < 1.29 is 19.4 Å². The van der Waals surface area contributed by atoms with Gasteiger partial charge in [-0.1, -0.05) is 12.1 Å². The van der Waals surface area contributed by atoms with E-state index in [9.17, 15) is 14.7 Å². The Balaban J connectivity index is 1.40. The average molecular weight is 453 g/mol. The number of Topliss-reactive ketones (excluding diaryl/α,β-unsaturated/α-hetero) is 1. The zero-order chi connectivity index (χ0) is 23.4. The summed E-state index contributed by atoms with van der Waals surface area (Å²) in [6.07, 6.45) is 5.97. The van der Waals surface area contributed by atoms with Gasteiger partial charge in [0.1, 0.15) is 5.78 Å². The maximum Gasteiger partial charge on any atom is 0.320 e. The molecule has 2 amide bonds. The molecule has 2 atom stereocenters. The van der Waals surface area contributed by atoms with Gasteiger partial charge in [-0.3, -0.25) is 9.78 Å². The minimum atomic E-state index is -0.710. The lowest BCUT2D eigenvalue weighted by Crippen LogP contribution is -2.36. The first-order valence-electron chi connectivity index (χ1n) is 11.7. The van der Waals surface area contributed by atoms with Crippen molar-refractivity contribution in [2.75, 3.05) is 26.7 Å². The van der Waals surface area contributed by atoms with Crippen LogP contribution in [0.2, 0.25) is 0 Å². The van der Waals surface area contributed by atoms with Gasteiger partial charge in [-0.05, 0) is 56.2 Å². The zero-order valence-corrected chi connectivity index (χ0v) is 19.4. The van der Waals surface area contributed by atoms with Crippen molar-refractivity contribution >= 4 is 11.8 Å². The van der Waals surface area contributed by atoms with Crippen molar-refractivity contribution in [1.82, 2.24) is 19.8 Å². The molecule has 2 aromatic rings. The molecule has 2 aliphatic rings. The van der Waals surface area contributed by atoms with E-state index in [1.54, 1.807) is 29.2 Å². The molecule has 0 bridgehead atoms. The first-order valence-corrected chi connectivity index (χ1v) is 11.7. The van der Waals surface area contributed by atoms with E-state index < -0.39 is 6.10 Å². The summed E-state index contributed by atoms with van der Waals surface area (Å²) in [7, 11) is 1.55. The van der Waals surface area contributed by atoms with Crippen LogP contribution < -0.4 is 4.74 Å². The molecule has 1 N–H and O–H groups in total. The molecule has 8 nitrogen and oxygen atoms in total. The fraction of sp³-hybridized carbons (Fsp3) is 0.520. The van der Waals surface area contributed by atoms with Crippen LogP contribution in [-0.2, 0) is 17.6 Å². The van der Waals surface area contributed by atoms with Crippen LogP contribution in [0.1, 0.15) is 67.3 Å². The van der Waals surface area contributed by atoms with Crippen LogP contribution in [0.25, 0.3) is 0 Å². The Bertz CT molecular complexity index is 994. The Morgan fingerprint density at radius 3 is 2.73 bits per heavy atom. The van der Waals surface area contributed by atoms with Gasteiger partial charge in [0.2, 0.25) is 5.88 Å². The molecule has 1 aliphatic carbocycles. The van der Waals surface area contributed by atoms with Crippen molar-refractivity contribution in [3.8, 4) is 5.88 Å². The number of urea groups is 1. The van der Waals surface area contributed by atoms with E-state index in [0.29, 0.717) is 37.6 Å². The summed E-state index contributed by atoms with van der Waals surface area (Å²) in [6.45, 7) is 3.05. The first kappa shape index (κ1) is 23.2. The molecule has 2 aromatic heterocycles. The first-order chi connectivity index (χ1) is 16.0. The number of carbonyl (C=O) groups excluding carboxylic acids is 2. The summed E-state index contributed by atoms with van der Waals surface area (Å²) in [5.74, 6) is 0.496. The van der Waals surface area contributed by atoms with Gasteiger partial charge in [0.15, 0.2) is 0 Å². The number of carbonyl (C=O) groups is 2. The molecular formula is C25H32N4O4. The highest BCUT2D eigenvalue weighted by Crippen LogP contribution is 2.30. The number of aryl methyl sites for hydroxylation is 2. The van der Waals surface area contributed by atoms with Gasteiger partial charge < -0.3 is 19.6 Å². The monoisotopic (exact) mass is 452 g/mol. The molecular weight excluding hydrogens is 420 g/mol. The summed E-state index contributed by atoms with van der Waals surface area (Å²) >= 11 is 0. The second-order valence-electron chi connectivity index (χ2n) is 8.87. The number of ketones is 1. The number of nitrogens with zero attached hydrogens (tertiary/aromatic N) is 4. The fourth-order valence-corrected chi connectivity index (χ4v) is 4.70. The maximum absolute atomic E-state index is 13.2. The van der Waals surface area contributed by atoms with Crippen molar-refractivity contribution in [2.24, 2.45) is 0 Å². The van der Waals surface area contributed by atoms with Crippen LogP contribution in [0.3, 0.4) is 0 Å². The van der Waals surface area contributed by atoms with Crippen LogP contribution in [0, 0.1) is 0 Å². The summed E-state index contributed by atoms with van der Waals surface area (Å²) in [6, 6.07) is 7.09. The molecule has 1 aliphatic heterocycles. The number of rotatable bonds is 9. The minimum Gasteiger partial charge on any atom is -0.481 e. The molecule has 0 aromatic carbocycles. The quantitative estimate of drug-likeness (QED) is 0.628. The summed E-state index contributed by atoms with van der Waals surface area (Å²) in [5.41, 5.74) is 3.87. The molecule has 33 heavy (non-hydrogen) atoms. The van der Waals surface area contributed by atoms with Gasteiger partial charge >= 0.3 is 6.03 Å². The third-order valence-corrected chi connectivity index (χ3v) is 6.55. The predicted molar refractivity (Wildman–Crippen MR) is 123 cm³/mol. The Kier molecular flexibility index (Phi) is 7.23. The number of aliphatic hydroxyl groups is 1. The van der Waals surface area contributed by atoms with Crippen LogP contribution in [0.5, 0.6) is 5.88 Å². The SMILES string of the molecule is COc1ccc([C@H](CC(C)=O)N2CCN(CC[C@H](O)c3ccc4c(n3)CCCC4)C2=O)cn1. The van der Waals surface area contributed by atoms with Gasteiger partial charge in [0.25, 0.3) is 0 Å². The normalized spacial score (nSPS) is 17.6. The van der Waals surface area contributed by atoms with E-state index in [-0.39, 0.29) is 24.3 Å². The molecule has 0 unspecified atom stereocenters. The van der Waals surface area contributed by atoms with E-state index in [4.69, 9.17) is 4.74 Å². The van der Waals surface area contributed by atoms with Crippen molar-refractivity contribution in [3.63, 3.8) is 0 Å². The summed E-state index contributed by atoms with van der Waals surface area (Å²) in [5, 5.41) is 10.7. The number of fused-ring (bicyclic) bond motifs is 1. The number of hydrogen-bond donors (Lipinski definition) is 1. The summed E-state index contributed by atoms with van der Waals surface area (Å²) in [4.78, 5) is 37.5. The van der Waals surface area contributed by atoms with Gasteiger partial charge in [0, 0.05) is 44.0 Å². The molecule has 0 saturated carbocycles. The topological polar surface area (TPSA) is 95.9 Å². The van der Waals surface area contributed by atoms with Crippen molar-refractivity contribution in [2.45, 2.75) is 57.6 Å². The predicted octanol–water partition coefficient (Wildman–Crippen LogP) is 3.25. The van der Waals surface area contributed by atoms with Crippen LogP contribution in [-0.4, -0.2) is 63.4 Å². The molecule has 3 heterocycles. The number of aliphatic hydroxyl groups excluding tert-OH is 1. The third-order valence-electron chi connectivity index (χ3n) is 6.55. The number of ether oxygens (including phenoxy) is 1. The van der Waals surface area contributed by atoms with Crippen molar-refractivity contribution in [3.05, 3.63) is 53.0 Å². The highest BCUT2D eigenvalue weighted by Gasteiger charge is 2.35. The second-order valence-corrected chi connectivity index (χ2v) is 8.87. The lowest BCUT2D eigenvalue weighted by molar-refractivity contribution is -0.118. The Morgan fingerprint density at radius 1 is 1.18 bits per heavy atom. The Hall–Kier alpha value is -3.00. The largest absolute Gasteiger partial charge is 0.481 e. The lowest BCUT2D eigenvalue weighted by Gasteiger charge is -2.28. The van der Waals surface area contributed by atoms with Crippen molar-refractivity contribution in [1.29, 1.82) is 0 Å². The average Bonchev–Trinajstić information content (AvgIpc) is 3.20. The van der Waals surface area contributed by atoms with E-state index in [1.807, 2.05) is 12.1 Å². The minimum absolute atomic E-state index is 0.0102. The smallest absolute Gasteiger partial charge is 0.320 e. The maximum atomic E-state index is 13.2. The zero-order valence-electron chi connectivity index (χ0n) is 19.4. The van der Waals surface area contributed by atoms with Crippen LogP contribution >= 0.6 is 0 Å². The molecule has 176 valence electrons. The molecule has 4 rings (SSSR count). The van der Waals surface area contributed by atoms with E-state index in [2.05, 4.69) is 16.0 Å². The van der Waals surface area contributed by atoms with E-state index >= 15 is 0 Å². The Morgan fingerprint density at radius 2 is 2.00 bits per heavy atom. The summed E-state index contributed by atoms with van der Waals surface area (Å²) < 4.78 is 5.12. The van der Waals surface area contributed by atoms with Gasteiger partial charge in [0.05, 0.1) is 24.9 Å². The van der Waals surface area contributed by atoms with E-state index in [0.717, 1.165) is 30.5 Å². The van der Waals surface area contributed by atoms with Crippen LogP contribution in [0.15, 0.2) is 30.5 Å². The lowest BCUT2D eigenvalue weighted by atomic mass is 9.95. The third kappa shape index (κ3) is 5.33.